The Morgan fingerprint density at radius 3 is 2.53 bits per heavy atom. The standard InChI is InChI=1S/C28H29N7O3/c1-16-12-17(2)35(33-16)20-10-6-18(7-11-20)14-34-25-21(28(3,4)38-27(34)36)13-29-24(32-25)22-23(19-8-9-19)30-15-31-26(22)37-5/h6-7,10-13,15,19H,8-9,14H2,1-5H3. The Hall–Kier alpha value is -4.34. The number of aromatic nitrogens is 6. The van der Waals surface area contributed by atoms with Gasteiger partial charge in [-0.1, -0.05) is 12.1 Å². The quantitative estimate of drug-likeness (QED) is 0.355. The van der Waals surface area contributed by atoms with Gasteiger partial charge in [0.05, 0.1) is 36.3 Å². The molecule has 194 valence electrons. The predicted octanol–water partition coefficient (Wildman–Crippen LogP) is 5.01. The number of hydrogen-bond donors (Lipinski definition) is 0. The lowest BCUT2D eigenvalue weighted by Crippen LogP contribution is -2.43. The largest absolute Gasteiger partial charge is 0.480 e. The number of aryl methyl sites for hydroxylation is 2. The molecule has 4 aromatic rings. The van der Waals surface area contributed by atoms with E-state index in [2.05, 4.69) is 20.1 Å². The van der Waals surface area contributed by atoms with Gasteiger partial charge in [0.15, 0.2) is 5.82 Å². The fourth-order valence-electron chi connectivity index (χ4n) is 4.91. The van der Waals surface area contributed by atoms with E-state index in [1.54, 1.807) is 18.2 Å². The molecule has 0 spiro atoms. The highest BCUT2D eigenvalue weighted by Gasteiger charge is 2.41. The van der Waals surface area contributed by atoms with Crippen LogP contribution in [0.1, 0.15) is 60.8 Å². The fourth-order valence-corrected chi connectivity index (χ4v) is 4.91. The zero-order valence-electron chi connectivity index (χ0n) is 22.1. The van der Waals surface area contributed by atoms with Crippen LogP contribution in [-0.4, -0.2) is 42.9 Å². The molecule has 38 heavy (non-hydrogen) atoms. The summed E-state index contributed by atoms with van der Waals surface area (Å²) in [6.45, 7) is 7.96. The normalized spacial score (nSPS) is 16.2. The minimum atomic E-state index is -0.878. The third-order valence-corrected chi connectivity index (χ3v) is 6.99. The number of nitrogens with zero attached hydrogens (tertiary/aromatic N) is 7. The van der Waals surface area contributed by atoms with E-state index >= 15 is 0 Å². The van der Waals surface area contributed by atoms with Gasteiger partial charge < -0.3 is 9.47 Å². The van der Waals surface area contributed by atoms with E-state index in [1.165, 1.54) is 6.33 Å². The van der Waals surface area contributed by atoms with Gasteiger partial charge in [0, 0.05) is 17.8 Å². The molecule has 10 heteroatoms. The highest BCUT2D eigenvalue weighted by atomic mass is 16.6. The molecule has 0 atom stereocenters. The van der Waals surface area contributed by atoms with Crippen molar-refractivity contribution in [2.45, 2.75) is 58.6 Å². The van der Waals surface area contributed by atoms with Crippen molar-refractivity contribution in [2.24, 2.45) is 0 Å². The van der Waals surface area contributed by atoms with Crippen molar-refractivity contribution in [3.8, 4) is 23.0 Å². The molecule has 1 aliphatic heterocycles. The van der Waals surface area contributed by atoms with Gasteiger partial charge in [-0.2, -0.15) is 5.10 Å². The SMILES string of the molecule is COc1ncnc(C2CC2)c1-c1ncc2c(n1)N(Cc1ccc(-n3nc(C)cc3C)cc1)C(=O)OC2(C)C. The predicted molar refractivity (Wildman–Crippen MR) is 140 cm³/mol. The Balaban J connectivity index is 1.39. The average Bonchev–Trinajstić information content (AvgIpc) is 3.69. The molecule has 0 saturated heterocycles. The zero-order valence-corrected chi connectivity index (χ0v) is 22.1. The second kappa shape index (κ2) is 8.90. The van der Waals surface area contributed by atoms with Crippen LogP contribution in [0.15, 0.2) is 42.9 Å². The van der Waals surface area contributed by atoms with Gasteiger partial charge in [0.2, 0.25) is 5.88 Å². The molecule has 1 saturated carbocycles. The average molecular weight is 512 g/mol. The van der Waals surface area contributed by atoms with Gasteiger partial charge in [0.25, 0.3) is 0 Å². The number of rotatable bonds is 6. The van der Waals surface area contributed by atoms with Crippen LogP contribution in [0.2, 0.25) is 0 Å². The molecule has 1 aliphatic carbocycles. The molecule has 1 aromatic carbocycles. The highest BCUT2D eigenvalue weighted by molar-refractivity contribution is 5.90. The Kier molecular flexibility index (Phi) is 5.62. The second-order valence-electron chi connectivity index (χ2n) is 10.3. The number of fused-ring (bicyclic) bond motifs is 1. The molecule has 4 heterocycles. The van der Waals surface area contributed by atoms with E-state index in [9.17, 15) is 4.79 Å². The third-order valence-electron chi connectivity index (χ3n) is 6.99. The van der Waals surface area contributed by atoms with Crippen molar-refractivity contribution in [1.82, 2.24) is 29.7 Å². The maximum Gasteiger partial charge on any atom is 0.416 e. The van der Waals surface area contributed by atoms with Crippen molar-refractivity contribution in [3.63, 3.8) is 0 Å². The van der Waals surface area contributed by atoms with Gasteiger partial charge >= 0.3 is 6.09 Å². The van der Waals surface area contributed by atoms with Crippen LogP contribution in [0.3, 0.4) is 0 Å². The Bertz CT molecular complexity index is 1540. The lowest BCUT2D eigenvalue weighted by Gasteiger charge is -2.37. The van der Waals surface area contributed by atoms with Gasteiger partial charge in [-0.3, -0.25) is 4.90 Å². The van der Waals surface area contributed by atoms with Crippen molar-refractivity contribution >= 4 is 11.9 Å². The lowest BCUT2D eigenvalue weighted by atomic mass is 9.98. The minimum Gasteiger partial charge on any atom is -0.480 e. The monoisotopic (exact) mass is 511 g/mol. The maximum absolute atomic E-state index is 13.2. The molecular weight excluding hydrogens is 482 g/mol. The van der Waals surface area contributed by atoms with Crippen LogP contribution >= 0.6 is 0 Å². The van der Waals surface area contributed by atoms with Crippen molar-refractivity contribution in [2.75, 3.05) is 12.0 Å². The summed E-state index contributed by atoms with van der Waals surface area (Å²) < 4.78 is 13.3. The lowest BCUT2D eigenvalue weighted by molar-refractivity contribution is 0.0338. The summed E-state index contributed by atoms with van der Waals surface area (Å²) >= 11 is 0. The van der Waals surface area contributed by atoms with E-state index in [-0.39, 0.29) is 6.54 Å². The second-order valence-corrected chi connectivity index (χ2v) is 10.3. The van der Waals surface area contributed by atoms with Crippen LogP contribution in [0.25, 0.3) is 17.1 Å². The summed E-state index contributed by atoms with van der Waals surface area (Å²) in [6.07, 6.45) is 4.88. The molecule has 10 nitrogen and oxygen atoms in total. The van der Waals surface area contributed by atoms with E-state index in [0.29, 0.717) is 29.0 Å². The first-order chi connectivity index (χ1) is 18.2. The summed E-state index contributed by atoms with van der Waals surface area (Å²) in [5.74, 6) is 1.69. The summed E-state index contributed by atoms with van der Waals surface area (Å²) in [4.78, 5) is 33.2. The molecule has 6 rings (SSSR count). The maximum atomic E-state index is 13.2. The summed E-state index contributed by atoms with van der Waals surface area (Å²) in [5, 5.41) is 4.55. The van der Waals surface area contributed by atoms with Gasteiger partial charge in [0.1, 0.15) is 23.3 Å². The van der Waals surface area contributed by atoms with Crippen LogP contribution < -0.4 is 9.64 Å². The molecule has 0 radical (unpaired) electrons. The molecule has 0 unspecified atom stereocenters. The molecule has 1 amide bonds. The van der Waals surface area contributed by atoms with Crippen LogP contribution in [0.4, 0.5) is 10.6 Å². The van der Waals surface area contributed by atoms with E-state index in [4.69, 9.17) is 14.5 Å². The molecular formula is C28H29N7O3. The fraction of sp³-hybridized carbons (Fsp3) is 0.357. The number of anilines is 1. The number of benzene rings is 1. The van der Waals surface area contributed by atoms with Crippen LogP contribution in [0, 0.1) is 13.8 Å². The van der Waals surface area contributed by atoms with Crippen molar-refractivity contribution in [1.29, 1.82) is 0 Å². The first kappa shape index (κ1) is 24.0. The van der Waals surface area contributed by atoms with Crippen molar-refractivity contribution < 1.29 is 14.3 Å². The number of carbonyl (C=O) groups excluding carboxylic acids is 1. The highest BCUT2D eigenvalue weighted by Crippen LogP contribution is 2.46. The summed E-state index contributed by atoms with van der Waals surface area (Å²) in [6, 6.07) is 10.00. The first-order valence-electron chi connectivity index (χ1n) is 12.6. The zero-order chi connectivity index (χ0) is 26.6. The Morgan fingerprint density at radius 1 is 1.11 bits per heavy atom. The number of carbonyl (C=O) groups is 1. The minimum absolute atomic E-state index is 0.285. The van der Waals surface area contributed by atoms with E-state index in [1.807, 2.05) is 62.7 Å². The molecule has 2 aliphatic rings. The van der Waals surface area contributed by atoms with Gasteiger partial charge in [-0.25, -0.2) is 29.4 Å². The third kappa shape index (κ3) is 4.15. The first-order valence-corrected chi connectivity index (χ1v) is 12.6. The Morgan fingerprint density at radius 2 is 1.87 bits per heavy atom. The van der Waals surface area contributed by atoms with Crippen LogP contribution in [0.5, 0.6) is 5.88 Å². The molecule has 0 bridgehead atoms. The number of ether oxygens (including phenoxy) is 2. The number of methoxy groups -OCH3 is 1. The molecule has 3 aromatic heterocycles. The summed E-state index contributed by atoms with van der Waals surface area (Å²) in [5.41, 5.74) is 5.30. The van der Waals surface area contributed by atoms with E-state index < -0.39 is 11.7 Å². The number of amides is 1. The van der Waals surface area contributed by atoms with Crippen LogP contribution in [-0.2, 0) is 16.9 Å². The number of hydrogen-bond acceptors (Lipinski definition) is 8. The Labute approximate surface area is 220 Å². The molecule has 0 N–H and O–H groups in total. The van der Waals surface area contributed by atoms with Gasteiger partial charge in [-0.05, 0) is 64.3 Å². The van der Waals surface area contributed by atoms with E-state index in [0.717, 1.165) is 46.7 Å². The number of cyclic esters (lactones) is 1. The van der Waals surface area contributed by atoms with Crippen molar-refractivity contribution in [3.05, 3.63) is 71.1 Å². The molecule has 1 fully saturated rings. The topological polar surface area (TPSA) is 108 Å². The van der Waals surface area contributed by atoms with Gasteiger partial charge in [-0.15, -0.1) is 0 Å². The summed E-state index contributed by atoms with van der Waals surface area (Å²) in [7, 11) is 1.57. The smallest absolute Gasteiger partial charge is 0.416 e.